The van der Waals surface area contributed by atoms with Crippen molar-refractivity contribution in [2.24, 2.45) is 0 Å². The molecule has 2 aromatic carbocycles. The van der Waals surface area contributed by atoms with Gasteiger partial charge in [0.15, 0.2) is 0 Å². The van der Waals surface area contributed by atoms with Crippen molar-refractivity contribution in [2.45, 2.75) is 31.6 Å². The third-order valence-electron chi connectivity index (χ3n) is 5.07. The number of nitrogens with one attached hydrogen (secondary N) is 1. The Bertz CT molecular complexity index is 930. The fourth-order valence-electron chi connectivity index (χ4n) is 3.44. The van der Waals surface area contributed by atoms with Gasteiger partial charge in [-0.2, -0.15) is 0 Å². The highest BCUT2D eigenvalue weighted by Crippen LogP contribution is 2.22. The van der Waals surface area contributed by atoms with Crippen molar-refractivity contribution in [1.82, 2.24) is 9.62 Å². The lowest BCUT2D eigenvalue weighted by Crippen LogP contribution is -2.44. The highest BCUT2D eigenvalue weighted by atomic mass is 35.5. The molecule has 0 aliphatic carbocycles. The molecule has 30 heavy (non-hydrogen) atoms. The van der Waals surface area contributed by atoms with Crippen LogP contribution in [0.2, 0.25) is 5.02 Å². The van der Waals surface area contributed by atoms with Crippen molar-refractivity contribution in [3.05, 3.63) is 70.7 Å². The van der Waals surface area contributed by atoms with Crippen LogP contribution in [0.25, 0.3) is 0 Å². The van der Waals surface area contributed by atoms with Crippen LogP contribution in [0.3, 0.4) is 0 Å². The van der Waals surface area contributed by atoms with E-state index < -0.39 is 22.2 Å². The lowest BCUT2D eigenvalue weighted by atomic mass is 10.1. The molecule has 1 heterocycles. The second-order valence-corrected chi connectivity index (χ2v) is 9.68. The number of hydrogen-bond donors (Lipinski definition) is 2. The molecule has 1 unspecified atom stereocenters. The third-order valence-corrected chi connectivity index (χ3v) is 7.23. The molecule has 1 fully saturated rings. The smallest absolute Gasteiger partial charge is 0.405 e. The molecule has 3 rings (SSSR count). The van der Waals surface area contributed by atoms with Crippen molar-refractivity contribution >= 4 is 27.7 Å². The quantitative estimate of drug-likeness (QED) is 0.637. The van der Waals surface area contributed by atoms with E-state index in [4.69, 9.17) is 21.4 Å². The molecule has 9 heteroatoms. The molecule has 1 amide bonds. The molecule has 162 valence electrons. The van der Waals surface area contributed by atoms with E-state index >= 15 is 0 Å². The van der Waals surface area contributed by atoms with Crippen molar-refractivity contribution < 1.29 is 23.1 Å². The summed E-state index contributed by atoms with van der Waals surface area (Å²) in [6.45, 7) is 1.15. The van der Waals surface area contributed by atoms with Crippen molar-refractivity contribution in [3.8, 4) is 0 Å². The fourth-order valence-corrected chi connectivity index (χ4v) is 5.24. The number of rotatable bonds is 8. The number of amides is 1. The molecule has 2 aromatic rings. The maximum absolute atomic E-state index is 12.9. The normalized spacial score (nSPS) is 16.8. The minimum Gasteiger partial charge on any atom is -0.465 e. The lowest BCUT2D eigenvalue weighted by molar-refractivity contribution is 0.0102. The van der Waals surface area contributed by atoms with Gasteiger partial charge in [0.25, 0.3) is 0 Å². The number of carbonyl (C=O) groups is 1. The molecular formula is C21H25ClN2O5S. The van der Waals surface area contributed by atoms with Crippen LogP contribution in [0.1, 0.15) is 30.0 Å². The monoisotopic (exact) mass is 452 g/mol. The summed E-state index contributed by atoms with van der Waals surface area (Å²) in [4.78, 5) is 11.2. The van der Waals surface area contributed by atoms with Gasteiger partial charge >= 0.3 is 6.09 Å². The topological polar surface area (TPSA) is 95.9 Å². The zero-order valence-corrected chi connectivity index (χ0v) is 18.0. The van der Waals surface area contributed by atoms with Crippen molar-refractivity contribution in [1.29, 1.82) is 0 Å². The van der Waals surface area contributed by atoms with Crippen LogP contribution >= 0.6 is 11.6 Å². The summed E-state index contributed by atoms with van der Waals surface area (Å²) in [7, 11) is -3.63. The van der Waals surface area contributed by atoms with E-state index in [1.54, 1.807) is 30.3 Å². The number of halogens is 1. The zero-order chi connectivity index (χ0) is 21.6. The first kappa shape index (κ1) is 22.6. The molecule has 1 aliphatic rings. The Morgan fingerprint density at radius 1 is 1.13 bits per heavy atom. The van der Waals surface area contributed by atoms with Gasteiger partial charge < -0.3 is 15.2 Å². The van der Waals surface area contributed by atoms with E-state index in [1.807, 2.05) is 24.3 Å². The van der Waals surface area contributed by atoms with E-state index in [9.17, 15) is 13.2 Å². The number of benzene rings is 2. The predicted octanol–water partition coefficient (Wildman–Crippen LogP) is 3.66. The van der Waals surface area contributed by atoms with Crippen LogP contribution in [0.15, 0.2) is 54.6 Å². The minimum atomic E-state index is -3.63. The summed E-state index contributed by atoms with van der Waals surface area (Å²) in [5, 5.41) is 12.1. The van der Waals surface area contributed by atoms with Gasteiger partial charge in [-0.05, 0) is 36.1 Å². The SMILES string of the molecule is O=C(O)NC(CS(=O)(=O)N1CCC(OCc2ccc(Cl)cc2)CC1)c1ccccc1. The van der Waals surface area contributed by atoms with E-state index in [2.05, 4.69) is 5.32 Å². The summed E-state index contributed by atoms with van der Waals surface area (Å²) in [6, 6.07) is 15.3. The van der Waals surface area contributed by atoms with Crippen molar-refractivity contribution in [3.63, 3.8) is 0 Å². The van der Waals surface area contributed by atoms with Gasteiger partial charge in [-0.3, -0.25) is 0 Å². The first-order valence-corrected chi connectivity index (χ1v) is 11.7. The molecule has 1 atom stereocenters. The summed E-state index contributed by atoms with van der Waals surface area (Å²) < 4.78 is 33.2. The maximum atomic E-state index is 12.9. The minimum absolute atomic E-state index is 0.0193. The Morgan fingerprint density at radius 2 is 1.77 bits per heavy atom. The van der Waals surface area contributed by atoms with Crippen LogP contribution in [0.5, 0.6) is 0 Å². The molecular weight excluding hydrogens is 428 g/mol. The Hall–Kier alpha value is -2.13. The Morgan fingerprint density at radius 3 is 2.37 bits per heavy atom. The molecule has 0 aromatic heterocycles. The second kappa shape index (κ2) is 10.3. The first-order valence-electron chi connectivity index (χ1n) is 9.72. The fraction of sp³-hybridized carbons (Fsp3) is 0.381. The molecule has 0 radical (unpaired) electrons. The molecule has 0 spiro atoms. The van der Waals surface area contributed by atoms with Crippen LogP contribution in [-0.4, -0.2) is 48.9 Å². The average molecular weight is 453 g/mol. The summed E-state index contributed by atoms with van der Waals surface area (Å²) in [5.74, 6) is -0.320. The molecule has 0 bridgehead atoms. The Balaban J connectivity index is 1.55. The molecule has 2 N–H and O–H groups in total. The van der Waals surface area contributed by atoms with E-state index in [0.29, 0.717) is 43.1 Å². The second-order valence-electron chi connectivity index (χ2n) is 7.23. The largest absolute Gasteiger partial charge is 0.465 e. The number of nitrogens with zero attached hydrogens (tertiary/aromatic N) is 1. The Kier molecular flexibility index (Phi) is 7.71. The number of ether oxygens (including phenoxy) is 1. The van der Waals surface area contributed by atoms with Gasteiger partial charge in [0.1, 0.15) is 0 Å². The standard InChI is InChI=1S/C21H25ClN2O5S/c22-18-8-6-16(7-9-18)14-29-19-10-12-24(13-11-19)30(27,28)15-20(23-21(25)26)17-4-2-1-3-5-17/h1-9,19-20,23H,10-15H2,(H,25,26). The lowest BCUT2D eigenvalue weighted by Gasteiger charge is -2.32. The van der Waals surface area contributed by atoms with E-state index in [0.717, 1.165) is 5.56 Å². The number of piperidine rings is 1. The van der Waals surface area contributed by atoms with Crippen LogP contribution in [-0.2, 0) is 21.4 Å². The predicted molar refractivity (Wildman–Crippen MR) is 115 cm³/mol. The zero-order valence-electron chi connectivity index (χ0n) is 16.4. The van der Waals surface area contributed by atoms with Crippen LogP contribution in [0.4, 0.5) is 4.79 Å². The van der Waals surface area contributed by atoms with Crippen LogP contribution < -0.4 is 5.32 Å². The summed E-state index contributed by atoms with van der Waals surface area (Å²) >= 11 is 5.88. The molecule has 1 aliphatic heterocycles. The molecule has 1 saturated heterocycles. The highest BCUT2D eigenvalue weighted by molar-refractivity contribution is 7.89. The van der Waals surface area contributed by atoms with Gasteiger partial charge in [0.2, 0.25) is 10.0 Å². The number of carboxylic acid groups (broad SMARTS) is 1. The van der Waals surface area contributed by atoms with Gasteiger partial charge in [-0.1, -0.05) is 54.1 Å². The third kappa shape index (κ3) is 6.43. The number of sulfonamides is 1. The van der Waals surface area contributed by atoms with Gasteiger partial charge in [-0.25, -0.2) is 17.5 Å². The molecule has 0 saturated carbocycles. The average Bonchev–Trinajstić information content (AvgIpc) is 2.73. The maximum Gasteiger partial charge on any atom is 0.405 e. The van der Waals surface area contributed by atoms with Crippen molar-refractivity contribution in [2.75, 3.05) is 18.8 Å². The van der Waals surface area contributed by atoms with E-state index in [1.165, 1.54) is 4.31 Å². The first-order chi connectivity index (χ1) is 14.3. The summed E-state index contributed by atoms with van der Waals surface area (Å²) in [6.07, 6.45) is -0.0905. The van der Waals surface area contributed by atoms with Gasteiger partial charge in [0, 0.05) is 18.1 Å². The van der Waals surface area contributed by atoms with Gasteiger partial charge in [0.05, 0.1) is 24.5 Å². The Labute approximate surface area is 181 Å². The molecule has 7 nitrogen and oxygen atoms in total. The van der Waals surface area contributed by atoms with Gasteiger partial charge in [-0.15, -0.1) is 0 Å². The van der Waals surface area contributed by atoms with Crippen LogP contribution in [0, 0.1) is 0 Å². The summed E-state index contributed by atoms with van der Waals surface area (Å²) in [5.41, 5.74) is 1.63. The number of hydrogen-bond acceptors (Lipinski definition) is 4. The van der Waals surface area contributed by atoms with E-state index in [-0.39, 0.29) is 11.9 Å². The highest BCUT2D eigenvalue weighted by Gasteiger charge is 2.31.